The van der Waals surface area contributed by atoms with Gasteiger partial charge in [0.2, 0.25) is 0 Å². The van der Waals surface area contributed by atoms with Gasteiger partial charge in [0.25, 0.3) is 11.6 Å². The van der Waals surface area contributed by atoms with Crippen LogP contribution < -0.4 is 10.6 Å². The molecule has 0 saturated carbocycles. The number of non-ortho nitro benzene ring substituents is 1. The molecule has 158 valence electrons. The fourth-order valence-corrected chi connectivity index (χ4v) is 2.47. The van der Waals surface area contributed by atoms with Crippen LogP contribution in [0.25, 0.3) is 0 Å². The topological polar surface area (TPSA) is 148 Å². The first-order chi connectivity index (χ1) is 14.2. The lowest BCUT2D eigenvalue weighted by Gasteiger charge is -2.15. The quantitative estimate of drug-likeness (QED) is 0.245. The predicted molar refractivity (Wildman–Crippen MR) is 109 cm³/mol. The van der Waals surface area contributed by atoms with Crippen LogP contribution in [0.4, 0.5) is 17.1 Å². The lowest BCUT2D eigenvalue weighted by atomic mass is 10.1. The molecule has 1 amide bonds. The van der Waals surface area contributed by atoms with Crippen LogP contribution in [0.3, 0.4) is 0 Å². The second kappa shape index (κ2) is 10.1. The van der Waals surface area contributed by atoms with E-state index < -0.39 is 22.9 Å². The first-order valence-electron chi connectivity index (χ1n) is 8.99. The number of aliphatic hydroxyl groups is 1. The molecule has 0 spiro atoms. The number of nitrogens with zero attached hydrogens (tertiary/aromatic N) is 1. The SMILES string of the molecule is CC(=O)c1ccc(NC(=O)[C@@H](C)OC(=O)c2cc([N+](=O)[O-])ccc2NCCO)cc1. The Hall–Kier alpha value is -3.79. The zero-order valence-corrected chi connectivity index (χ0v) is 16.4. The predicted octanol–water partition coefficient (Wildman–Crippen LogP) is 2.39. The van der Waals surface area contributed by atoms with Gasteiger partial charge < -0.3 is 20.5 Å². The van der Waals surface area contributed by atoms with Crippen LogP contribution in [0.2, 0.25) is 0 Å². The number of Topliss-reactive ketones (excluding diaryl/α,β-unsaturated/α-hetero) is 1. The van der Waals surface area contributed by atoms with Gasteiger partial charge in [0.05, 0.1) is 17.1 Å². The van der Waals surface area contributed by atoms with Crippen molar-refractivity contribution in [2.75, 3.05) is 23.8 Å². The van der Waals surface area contributed by atoms with E-state index in [2.05, 4.69) is 10.6 Å². The van der Waals surface area contributed by atoms with Crippen molar-refractivity contribution in [1.29, 1.82) is 0 Å². The van der Waals surface area contributed by atoms with Crippen molar-refractivity contribution >= 4 is 34.7 Å². The molecule has 1 atom stereocenters. The van der Waals surface area contributed by atoms with Gasteiger partial charge in [-0.2, -0.15) is 0 Å². The second-order valence-electron chi connectivity index (χ2n) is 6.31. The number of hydrogen-bond acceptors (Lipinski definition) is 8. The Balaban J connectivity index is 2.11. The highest BCUT2D eigenvalue weighted by molar-refractivity contribution is 6.00. The highest BCUT2D eigenvalue weighted by Crippen LogP contribution is 2.23. The van der Waals surface area contributed by atoms with Crippen LogP contribution in [0.15, 0.2) is 42.5 Å². The molecule has 0 aromatic heterocycles. The zero-order valence-electron chi connectivity index (χ0n) is 16.4. The molecule has 0 aliphatic carbocycles. The molecule has 0 bridgehead atoms. The molecule has 0 heterocycles. The molecule has 30 heavy (non-hydrogen) atoms. The van der Waals surface area contributed by atoms with E-state index in [1.54, 1.807) is 24.3 Å². The number of rotatable bonds is 9. The van der Waals surface area contributed by atoms with Crippen molar-refractivity contribution in [3.05, 3.63) is 63.7 Å². The molecular formula is C20H21N3O7. The lowest BCUT2D eigenvalue weighted by molar-refractivity contribution is -0.384. The van der Waals surface area contributed by atoms with Gasteiger partial charge in [-0.1, -0.05) is 0 Å². The molecule has 0 fully saturated rings. The number of nitro groups is 1. The summed E-state index contributed by atoms with van der Waals surface area (Å²) in [7, 11) is 0. The molecule has 0 saturated heterocycles. The van der Waals surface area contributed by atoms with Gasteiger partial charge >= 0.3 is 5.97 Å². The van der Waals surface area contributed by atoms with Crippen molar-refractivity contribution in [3.8, 4) is 0 Å². The summed E-state index contributed by atoms with van der Waals surface area (Å²) in [6, 6.07) is 9.76. The molecule has 10 nitrogen and oxygen atoms in total. The molecule has 2 aromatic rings. The van der Waals surface area contributed by atoms with Crippen molar-refractivity contribution in [2.45, 2.75) is 20.0 Å². The van der Waals surface area contributed by atoms with Gasteiger partial charge in [-0.05, 0) is 44.2 Å². The normalized spacial score (nSPS) is 11.3. The van der Waals surface area contributed by atoms with E-state index in [0.717, 1.165) is 6.07 Å². The van der Waals surface area contributed by atoms with Gasteiger partial charge in [0, 0.05) is 35.6 Å². The number of anilines is 2. The molecular weight excluding hydrogens is 394 g/mol. The molecule has 3 N–H and O–H groups in total. The van der Waals surface area contributed by atoms with Crippen LogP contribution in [-0.2, 0) is 9.53 Å². The molecule has 0 unspecified atom stereocenters. The van der Waals surface area contributed by atoms with E-state index in [0.29, 0.717) is 11.3 Å². The summed E-state index contributed by atoms with van der Waals surface area (Å²) in [6.45, 7) is 2.68. The maximum Gasteiger partial charge on any atom is 0.341 e. The monoisotopic (exact) mass is 415 g/mol. The fraction of sp³-hybridized carbons (Fsp3) is 0.250. The third-order valence-electron chi connectivity index (χ3n) is 4.07. The maximum atomic E-state index is 12.5. The third kappa shape index (κ3) is 5.85. The van der Waals surface area contributed by atoms with Crippen molar-refractivity contribution in [1.82, 2.24) is 0 Å². The minimum absolute atomic E-state index is 0.113. The third-order valence-corrected chi connectivity index (χ3v) is 4.07. The van der Waals surface area contributed by atoms with E-state index in [9.17, 15) is 24.5 Å². The lowest BCUT2D eigenvalue weighted by Crippen LogP contribution is -2.30. The number of amides is 1. The van der Waals surface area contributed by atoms with Gasteiger partial charge in [0.1, 0.15) is 0 Å². The standard InChI is InChI=1S/C20H21N3O7/c1-12(25)14-3-5-15(6-4-14)22-19(26)13(2)30-20(27)17-11-16(23(28)29)7-8-18(17)21-9-10-24/h3-8,11,13,21,24H,9-10H2,1-2H3,(H,22,26)/t13-/m1/s1. The number of nitrogens with one attached hydrogen (secondary N) is 2. The van der Waals surface area contributed by atoms with Crippen molar-refractivity contribution in [2.24, 2.45) is 0 Å². The van der Waals surface area contributed by atoms with Crippen molar-refractivity contribution in [3.63, 3.8) is 0 Å². The van der Waals surface area contributed by atoms with Crippen molar-refractivity contribution < 1.29 is 29.2 Å². The summed E-state index contributed by atoms with van der Waals surface area (Å²) in [6.07, 6.45) is -1.20. The largest absolute Gasteiger partial charge is 0.449 e. The summed E-state index contributed by atoms with van der Waals surface area (Å²) in [5.74, 6) is -1.67. The fourth-order valence-electron chi connectivity index (χ4n) is 2.47. The summed E-state index contributed by atoms with van der Waals surface area (Å²) in [5, 5.41) is 25.3. The number of carbonyl (C=O) groups is 3. The average molecular weight is 415 g/mol. The Bertz CT molecular complexity index is 957. The van der Waals surface area contributed by atoms with Crippen LogP contribution in [0.1, 0.15) is 34.6 Å². The number of ketones is 1. The number of hydrogen-bond donors (Lipinski definition) is 3. The van der Waals surface area contributed by atoms with Crippen LogP contribution in [0, 0.1) is 10.1 Å². The zero-order chi connectivity index (χ0) is 22.3. The number of benzene rings is 2. The summed E-state index contributed by atoms with van der Waals surface area (Å²) >= 11 is 0. The highest BCUT2D eigenvalue weighted by Gasteiger charge is 2.23. The van der Waals surface area contributed by atoms with E-state index in [4.69, 9.17) is 9.84 Å². The smallest absolute Gasteiger partial charge is 0.341 e. The van der Waals surface area contributed by atoms with Gasteiger partial charge in [-0.3, -0.25) is 19.7 Å². The summed E-state index contributed by atoms with van der Waals surface area (Å²) in [4.78, 5) is 46.5. The molecule has 2 aromatic carbocycles. The van der Waals surface area contributed by atoms with E-state index in [-0.39, 0.29) is 35.9 Å². The van der Waals surface area contributed by atoms with E-state index in [1.165, 1.54) is 26.0 Å². The second-order valence-corrected chi connectivity index (χ2v) is 6.31. The van der Waals surface area contributed by atoms with Crippen LogP contribution >= 0.6 is 0 Å². The number of ether oxygens (including phenoxy) is 1. The Kier molecular flexibility index (Phi) is 7.59. The highest BCUT2D eigenvalue weighted by atomic mass is 16.6. The maximum absolute atomic E-state index is 12.5. The molecule has 0 radical (unpaired) electrons. The molecule has 0 aliphatic heterocycles. The summed E-state index contributed by atoms with van der Waals surface area (Å²) in [5.41, 5.74) is 0.670. The Morgan fingerprint density at radius 3 is 2.40 bits per heavy atom. The molecule has 10 heteroatoms. The van der Waals surface area contributed by atoms with Gasteiger partial charge in [-0.25, -0.2) is 4.79 Å². The van der Waals surface area contributed by atoms with Gasteiger partial charge in [-0.15, -0.1) is 0 Å². The Morgan fingerprint density at radius 2 is 1.83 bits per heavy atom. The minimum Gasteiger partial charge on any atom is -0.449 e. The first kappa shape index (κ1) is 22.5. The van der Waals surface area contributed by atoms with Crippen LogP contribution in [0.5, 0.6) is 0 Å². The van der Waals surface area contributed by atoms with E-state index in [1.807, 2.05) is 0 Å². The summed E-state index contributed by atoms with van der Waals surface area (Å²) < 4.78 is 5.16. The Morgan fingerprint density at radius 1 is 1.17 bits per heavy atom. The number of nitro benzene ring substituents is 1. The van der Waals surface area contributed by atoms with E-state index >= 15 is 0 Å². The van der Waals surface area contributed by atoms with Crippen LogP contribution in [-0.4, -0.2) is 46.9 Å². The molecule has 2 rings (SSSR count). The number of carbonyl (C=O) groups excluding carboxylic acids is 3. The van der Waals surface area contributed by atoms with Gasteiger partial charge in [0.15, 0.2) is 11.9 Å². The average Bonchev–Trinajstić information content (AvgIpc) is 2.72. The molecule has 0 aliphatic rings. The number of esters is 1. The minimum atomic E-state index is -1.20. The first-order valence-corrected chi connectivity index (χ1v) is 8.99. The Labute approximate surface area is 172 Å². The number of aliphatic hydroxyl groups excluding tert-OH is 1.